The summed E-state index contributed by atoms with van der Waals surface area (Å²) in [7, 11) is 0. The van der Waals surface area contributed by atoms with E-state index in [4.69, 9.17) is 0 Å². The van der Waals surface area contributed by atoms with Gasteiger partial charge < -0.3 is 5.32 Å². The first-order valence-electron chi connectivity index (χ1n) is 7.00. The van der Waals surface area contributed by atoms with Crippen molar-refractivity contribution >= 4 is 29.0 Å². The lowest BCUT2D eigenvalue weighted by atomic mass is 10.2. The number of aromatic nitrogens is 2. The summed E-state index contributed by atoms with van der Waals surface area (Å²) in [5, 5.41) is 18.1. The lowest BCUT2D eigenvalue weighted by Gasteiger charge is -2.15. The molecule has 0 unspecified atom stereocenters. The maximum absolute atomic E-state index is 12.5. The minimum Gasteiger partial charge on any atom is -0.323 e. The molecule has 0 aliphatic rings. The molecule has 0 bridgehead atoms. The number of aryl methyl sites for hydroxylation is 1. The fourth-order valence-electron chi connectivity index (χ4n) is 2.39. The Labute approximate surface area is 138 Å². The Morgan fingerprint density at radius 2 is 2.04 bits per heavy atom. The average molecular weight is 334 g/mol. The standard InChI is InChI=1S/C15H18N4O3S/c1-9-14(19(21)22)10(2)18(17-9)11(3)15(20)16-12-7-5-6-8-13(12)23-4/h5-8,11H,1-4H3,(H,16,20)/t11-/m0/s1. The number of benzene rings is 1. The Bertz CT molecular complexity index is 757. The van der Waals surface area contributed by atoms with Crippen LogP contribution in [0.15, 0.2) is 29.2 Å². The van der Waals surface area contributed by atoms with Gasteiger partial charge in [-0.25, -0.2) is 0 Å². The smallest absolute Gasteiger partial charge is 0.312 e. The largest absolute Gasteiger partial charge is 0.323 e. The summed E-state index contributed by atoms with van der Waals surface area (Å²) in [6, 6.07) is 6.82. The molecular weight excluding hydrogens is 316 g/mol. The number of amides is 1. The molecule has 23 heavy (non-hydrogen) atoms. The third kappa shape index (κ3) is 3.37. The molecule has 1 aromatic carbocycles. The Hall–Kier alpha value is -2.35. The van der Waals surface area contributed by atoms with Crippen molar-refractivity contribution in [1.82, 2.24) is 9.78 Å². The van der Waals surface area contributed by atoms with Gasteiger partial charge in [0.15, 0.2) is 0 Å². The topological polar surface area (TPSA) is 90.1 Å². The molecule has 0 spiro atoms. The number of hydrogen-bond acceptors (Lipinski definition) is 5. The van der Waals surface area contributed by atoms with Crippen LogP contribution in [0.2, 0.25) is 0 Å². The van der Waals surface area contributed by atoms with Crippen molar-refractivity contribution in [2.75, 3.05) is 11.6 Å². The van der Waals surface area contributed by atoms with Gasteiger partial charge in [0, 0.05) is 4.90 Å². The van der Waals surface area contributed by atoms with Crippen LogP contribution in [0.4, 0.5) is 11.4 Å². The number of hydrogen-bond donors (Lipinski definition) is 1. The van der Waals surface area contributed by atoms with E-state index in [9.17, 15) is 14.9 Å². The monoisotopic (exact) mass is 334 g/mol. The highest BCUT2D eigenvalue weighted by molar-refractivity contribution is 7.98. The molecule has 1 amide bonds. The van der Waals surface area contributed by atoms with Crippen molar-refractivity contribution in [3.63, 3.8) is 0 Å². The molecule has 0 radical (unpaired) electrons. The highest BCUT2D eigenvalue weighted by atomic mass is 32.2. The number of thioether (sulfide) groups is 1. The van der Waals surface area contributed by atoms with Crippen LogP contribution in [0.5, 0.6) is 0 Å². The normalized spacial score (nSPS) is 12.0. The number of anilines is 1. The first kappa shape index (κ1) is 17.0. The average Bonchev–Trinajstić information content (AvgIpc) is 2.81. The quantitative estimate of drug-likeness (QED) is 0.514. The molecule has 2 rings (SSSR count). The van der Waals surface area contributed by atoms with Crippen molar-refractivity contribution in [3.8, 4) is 0 Å². The van der Waals surface area contributed by atoms with E-state index in [1.165, 1.54) is 16.4 Å². The summed E-state index contributed by atoms with van der Waals surface area (Å²) in [6.45, 7) is 4.83. The Balaban J connectivity index is 2.27. The molecule has 1 heterocycles. The molecule has 122 valence electrons. The van der Waals surface area contributed by atoms with Crippen LogP contribution < -0.4 is 5.32 Å². The molecule has 0 aliphatic carbocycles. The van der Waals surface area contributed by atoms with Crippen LogP contribution >= 0.6 is 11.8 Å². The lowest BCUT2D eigenvalue weighted by molar-refractivity contribution is -0.386. The molecule has 8 heteroatoms. The summed E-state index contributed by atoms with van der Waals surface area (Å²) in [5.74, 6) is -0.271. The molecule has 1 aromatic heterocycles. The Morgan fingerprint density at radius 3 is 2.61 bits per heavy atom. The van der Waals surface area contributed by atoms with E-state index in [-0.39, 0.29) is 11.6 Å². The van der Waals surface area contributed by atoms with Gasteiger partial charge in [0.05, 0.1) is 10.6 Å². The fourth-order valence-corrected chi connectivity index (χ4v) is 2.95. The number of para-hydroxylation sites is 1. The van der Waals surface area contributed by atoms with Gasteiger partial charge >= 0.3 is 5.69 Å². The maximum atomic E-state index is 12.5. The van der Waals surface area contributed by atoms with Crippen molar-refractivity contribution in [1.29, 1.82) is 0 Å². The SMILES string of the molecule is CSc1ccccc1NC(=O)[C@H](C)n1nc(C)c([N+](=O)[O-])c1C. The first-order valence-corrected chi connectivity index (χ1v) is 8.23. The zero-order valence-electron chi connectivity index (χ0n) is 13.4. The van der Waals surface area contributed by atoms with E-state index in [2.05, 4.69) is 10.4 Å². The van der Waals surface area contributed by atoms with Gasteiger partial charge in [-0.3, -0.25) is 19.6 Å². The first-order chi connectivity index (χ1) is 10.9. The fraction of sp³-hybridized carbons (Fsp3) is 0.333. The van der Waals surface area contributed by atoms with Crippen LogP contribution in [0.1, 0.15) is 24.4 Å². The van der Waals surface area contributed by atoms with Gasteiger partial charge in [0.1, 0.15) is 17.4 Å². The number of nitrogens with zero attached hydrogens (tertiary/aromatic N) is 3. The second-order valence-electron chi connectivity index (χ2n) is 5.09. The van der Waals surface area contributed by atoms with Crippen molar-refractivity contribution in [3.05, 3.63) is 45.8 Å². The van der Waals surface area contributed by atoms with Crippen molar-refractivity contribution in [2.45, 2.75) is 31.7 Å². The third-order valence-corrected chi connectivity index (χ3v) is 4.38. The van der Waals surface area contributed by atoms with E-state index < -0.39 is 11.0 Å². The maximum Gasteiger partial charge on any atom is 0.312 e. The van der Waals surface area contributed by atoms with E-state index in [1.54, 1.807) is 20.8 Å². The number of nitro groups is 1. The zero-order valence-corrected chi connectivity index (χ0v) is 14.2. The number of nitrogens with one attached hydrogen (secondary N) is 1. The van der Waals surface area contributed by atoms with Gasteiger partial charge in [-0.15, -0.1) is 11.8 Å². The Morgan fingerprint density at radius 1 is 1.39 bits per heavy atom. The predicted molar refractivity (Wildman–Crippen MR) is 89.9 cm³/mol. The molecular formula is C15H18N4O3S. The van der Waals surface area contributed by atoms with E-state index >= 15 is 0 Å². The summed E-state index contributed by atoms with van der Waals surface area (Å²) in [5.41, 5.74) is 1.34. The van der Waals surface area contributed by atoms with E-state index in [0.29, 0.717) is 17.1 Å². The highest BCUT2D eigenvalue weighted by Gasteiger charge is 2.27. The predicted octanol–water partition coefficient (Wildman–Crippen LogP) is 3.33. The van der Waals surface area contributed by atoms with Crippen LogP contribution in [-0.2, 0) is 4.79 Å². The highest BCUT2D eigenvalue weighted by Crippen LogP contribution is 2.27. The van der Waals surface area contributed by atoms with E-state index in [0.717, 1.165) is 4.90 Å². The molecule has 0 saturated carbocycles. The van der Waals surface area contributed by atoms with Gasteiger partial charge in [0.25, 0.3) is 0 Å². The van der Waals surface area contributed by atoms with E-state index in [1.807, 2.05) is 30.5 Å². The van der Waals surface area contributed by atoms with Gasteiger partial charge in [-0.1, -0.05) is 12.1 Å². The number of carbonyl (C=O) groups is 1. The van der Waals surface area contributed by atoms with Crippen LogP contribution in [0.25, 0.3) is 0 Å². The van der Waals surface area contributed by atoms with Crippen LogP contribution in [0.3, 0.4) is 0 Å². The minimum absolute atomic E-state index is 0.0471. The molecule has 1 N–H and O–H groups in total. The molecule has 1 atom stereocenters. The van der Waals surface area contributed by atoms with Gasteiger partial charge in [-0.2, -0.15) is 5.10 Å². The van der Waals surface area contributed by atoms with Gasteiger partial charge in [0.2, 0.25) is 5.91 Å². The molecule has 2 aromatic rings. The second-order valence-corrected chi connectivity index (χ2v) is 5.93. The van der Waals surface area contributed by atoms with Crippen molar-refractivity contribution < 1.29 is 9.72 Å². The lowest BCUT2D eigenvalue weighted by Crippen LogP contribution is -2.25. The van der Waals surface area contributed by atoms with Crippen LogP contribution in [-0.4, -0.2) is 26.9 Å². The molecule has 0 saturated heterocycles. The minimum atomic E-state index is -0.655. The molecule has 7 nitrogen and oxygen atoms in total. The van der Waals surface area contributed by atoms with Crippen LogP contribution in [0, 0.1) is 24.0 Å². The zero-order chi connectivity index (χ0) is 17.1. The summed E-state index contributed by atoms with van der Waals surface area (Å²) < 4.78 is 1.39. The third-order valence-electron chi connectivity index (χ3n) is 3.58. The summed E-state index contributed by atoms with van der Waals surface area (Å²) >= 11 is 1.53. The molecule has 0 fully saturated rings. The summed E-state index contributed by atoms with van der Waals surface area (Å²) in [4.78, 5) is 24.0. The Kier molecular flexibility index (Phi) is 5.05. The van der Waals surface area contributed by atoms with Crippen molar-refractivity contribution in [2.24, 2.45) is 0 Å². The second kappa shape index (κ2) is 6.82. The summed E-state index contributed by atoms with van der Waals surface area (Å²) in [6.07, 6.45) is 1.93. The number of carbonyl (C=O) groups excluding carboxylic acids is 1. The molecule has 0 aliphatic heterocycles. The number of rotatable bonds is 5. The van der Waals surface area contributed by atoms with Gasteiger partial charge in [-0.05, 0) is 39.2 Å².